The molecule has 170 valence electrons. The molecule has 0 saturated heterocycles. The minimum absolute atomic E-state index is 0.0723. The maximum atomic E-state index is 13.6. The van der Waals surface area contributed by atoms with Crippen LogP contribution in [0.5, 0.6) is 0 Å². The Morgan fingerprint density at radius 2 is 1.79 bits per heavy atom. The van der Waals surface area contributed by atoms with E-state index in [0.717, 1.165) is 16.8 Å². The molecular formula is C24H19ClN6O2S. The highest BCUT2D eigenvalue weighted by atomic mass is 35.5. The van der Waals surface area contributed by atoms with Crippen molar-refractivity contribution in [2.75, 3.05) is 11.1 Å². The van der Waals surface area contributed by atoms with E-state index in [-0.39, 0.29) is 22.4 Å². The zero-order valence-electron chi connectivity index (χ0n) is 18.3. The van der Waals surface area contributed by atoms with E-state index in [1.54, 1.807) is 29.0 Å². The van der Waals surface area contributed by atoms with Crippen molar-refractivity contribution in [2.24, 2.45) is 0 Å². The molecule has 0 atom stereocenters. The molecule has 5 rings (SSSR count). The standard InChI is InChI=1S/C24H19ClN6O2S/c1-14-7-5-8-15(2)20(14)31-22(33)16-9-3-4-11-18(16)30-23(31)28-29-24(30)34-13-19(32)27-17-10-6-12-26-21(17)25/h3-12H,13H2,1-2H3,(H,27,32). The lowest BCUT2D eigenvalue weighted by Crippen LogP contribution is -2.23. The van der Waals surface area contributed by atoms with Crippen LogP contribution in [-0.2, 0) is 4.79 Å². The molecule has 0 saturated carbocycles. The Kier molecular flexibility index (Phi) is 5.80. The third-order valence-electron chi connectivity index (χ3n) is 5.42. The lowest BCUT2D eigenvalue weighted by atomic mass is 10.1. The SMILES string of the molecule is Cc1cccc(C)c1-n1c(=O)c2ccccc2n2c(SCC(=O)Nc3cccnc3Cl)nnc12. The molecule has 0 fully saturated rings. The third kappa shape index (κ3) is 3.82. The number of rotatable bonds is 5. The van der Waals surface area contributed by atoms with Gasteiger partial charge in [0.05, 0.1) is 28.0 Å². The Hall–Kier alpha value is -3.69. The first kappa shape index (κ1) is 22.1. The van der Waals surface area contributed by atoms with Crippen LogP contribution in [0.3, 0.4) is 0 Å². The van der Waals surface area contributed by atoms with Crippen molar-refractivity contribution < 1.29 is 4.79 Å². The van der Waals surface area contributed by atoms with Crippen LogP contribution < -0.4 is 10.9 Å². The summed E-state index contributed by atoms with van der Waals surface area (Å²) in [7, 11) is 0. The average Bonchev–Trinajstić information content (AvgIpc) is 3.25. The van der Waals surface area contributed by atoms with E-state index in [1.807, 2.05) is 54.6 Å². The van der Waals surface area contributed by atoms with Gasteiger partial charge >= 0.3 is 0 Å². The Labute approximate surface area is 203 Å². The summed E-state index contributed by atoms with van der Waals surface area (Å²) in [4.78, 5) is 30.1. The minimum atomic E-state index is -0.260. The molecule has 1 amide bonds. The van der Waals surface area contributed by atoms with E-state index >= 15 is 0 Å². The zero-order valence-corrected chi connectivity index (χ0v) is 19.9. The van der Waals surface area contributed by atoms with Crippen LogP contribution in [0.2, 0.25) is 5.15 Å². The molecule has 1 N–H and O–H groups in total. The first-order chi connectivity index (χ1) is 16.5. The maximum absolute atomic E-state index is 13.6. The molecule has 5 aromatic rings. The number of amides is 1. The second kappa shape index (κ2) is 8.92. The normalized spacial score (nSPS) is 11.3. The average molecular weight is 491 g/mol. The molecule has 0 radical (unpaired) electrons. The smallest absolute Gasteiger partial charge is 0.267 e. The Morgan fingerprint density at radius 3 is 2.56 bits per heavy atom. The number of fused-ring (bicyclic) bond motifs is 3. The van der Waals surface area contributed by atoms with Gasteiger partial charge in [-0.2, -0.15) is 0 Å². The van der Waals surface area contributed by atoms with Gasteiger partial charge in [0.1, 0.15) is 0 Å². The molecule has 0 aliphatic carbocycles. The van der Waals surface area contributed by atoms with Crippen molar-refractivity contribution in [3.63, 3.8) is 0 Å². The number of carbonyl (C=O) groups excluding carboxylic acids is 1. The number of halogens is 1. The molecule has 0 bridgehead atoms. The number of anilines is 1. The molecule has 8 nitrogen and oxygen atoms in total. The topological polar surface area (TPSA) is 94.2 Å². The molecule has 0 aliphatic rings. The quantitative estimate of drug-likeness (QED) is 0.289. The van der Waals surface area contributed by atoms with Gasteiger partial charge in [-0.3, -0.25) is 14.0 Å². The number of nitrogens with one attached hydrogen (secondary N) is 1. The van der Waals surface area contributed by atoms with Crippen molar-refractivity contribution in [3.05, 3.63) is 87.4 Å². The van der Waals surface area contributed by atoms with Crippen molar-refractivity contribution in [3.8, 4) is 5.69 Å². The number of carbonyl (C=O) groups is 1. The van der Waals surface area contributed by atoms with Gasteiger partial charge in [0.25, 0.3) is 5.56 Å². The Balaban J connectivity index is 1.60. The largest absolute Gasteiger partial charge is 0.323 e. The van der Waals surface area contributed by atoms with E-state index in [0.29, 0.717) is 27.5 Å². The summed E-state index contributed by atoms with van der Waals surface area (Å²) in [6.45, 7) is 3.92. The van der Waals surface area contributed by atoms with Gasteiger partial charge < -0.3 is 5.32 Å². The second-order valence-electron chi connectivity index (χ2n) is 7.69. The summed E-state index contributed by atoms with van der Waals surface area (Å²) < 4.78 is 3.41. The first-order valence-electron chi connectivity index (χ1n) is 10.4. The molecule has 3 aromatic heterocycles. The number of thioether (sulfide) groups is 1. The molecule has 10 heteroatoms. The maximum Gasteiger partial charge on any atom is 0.267 e. The summed E-state index contributed by atoms with van der Waals surface area (Å²) in [6, 6.07) is 16.6. The van der Waals surface area contributed by atoms with Crippen LogP contribution in [0.4, 0.5) is 5.69 Å². The zero-order chi connectivity index (χ0) is 23.8. The fourth-order valence-corrected chi connectivity index (χ4v) is 4.83. The molecule has 0 aliphatic heterocycles. The highest BCUT2D eigenvalue weighted by molar-refractivity contribution is 7.99. The summed E-state index contributed by atoms with van der Waals surface area (Å²) >= 11 is 7.26. The molecule has 34 heavy (non-hydrogen) atoms. The first-order valence-corrected chi connectivity index (χ1v) is 11.8. The van der Waals surface area contributed by atoms with Gasteiger partial charge in [0, 0.05) is 6.20 Å². The highest BCUT2D eigenvalue weighted by Gasteiger charge is 2.20. The number of aromatic nitrogens is 5. The van der Waals surface area contributed by atoms with E-state index in [4.69, 9.17) is 11.6 Å². The monoisotopic (exact) mass is 490 g/mol. The molecule has 0 spiro atoms. The van der Waals surface area contributed by atoms with Crippen molar-refractivity contribution in [2.45, 2.75) is 19.0 Å². The van der Waals surface area contributed by atoms with E-state index in [2.05, 4.69) is 20.5 Å². The summed E-state index contributed by atoms with van der Waals surface area (Å²) in [5.41, 5.74) is 3.61. The molecule has 0 unspecified atom stereocenters. The minimum Gasteiger partial charge on any atom is -0.323 e. The van der Waals surface area contributed by atoms with Crippen molar-refractivity contribution in [1.82, 2.24) is 24.1 Å². The fourth-order valence-electron chi connectivity index (χ4n) is 3.93. The van der Waals surface area contributed by atoms with Crippen LogP contribution >= 0.6 is 23.4 Å². The molecule has 3 heterocycles. The lowest BCUT2D eigenvalue weighted by molar-refractivity contribution is -0.113. The van der Waals surface area contributed by atoms with Gasteiger partial charge in [-0.05, 0) is 49.2 Å². The van der Waals surface area contributed by atoms with Crippen LogP contribution in [0.1, 0.15) is 11.1 Å². The number of hydrogen-bond acceptors (Lipinski definition) is 6. The summed E-state index contributed by atoms with van der Waals surface area (Å²) in [5.74, 6) is 0.200. The van der Waals surface area contributed by atoms with E-state index in [1.165, 1.54) is 11.8 Å². The lowest BCUT2D eigenvalue weighted by Gasteiger charge is -2.15. The fraction of sp³-hybridized carbons (Fsp3) is 0.125. The van der Waals surface area contributed by atoms with Gasteiger partial charge in [0.2, 0.25) is 11.7 Å². The van der Waals surface area contributed by atoms with E-state index in [9.17, 15) is 9.59 Å². The number of nitrogens with zero attached hydrogens (tertiary/aromatic N) is 5. The number of pyridine rings is 1. The highest BCUT2D eigenvalue weighted by Crippen LogP contribution is 2.26. The van der Waals surface area contributed by atoms with Gasteiger partial charge in [0.15, 0.2) is 10.3 Å². The predicted octanol–water partition coefficient (Wildman–Crippen LogP) is 4.43. The number of aryl methyl sites for hydroxylation is 2. The summed E-state index contributed by atoms with van der Waals surface area (Å²) in [5, 5.41) is 12.7. The van der Waals surface area contributed by atoms with Crippen LogP contribution in [0.15, 0.2) is 70.7 Å². The van der Waals surface area contributed by atoms with Crippen LogP contribution in [0.25, 0.3) is 22.4 Å². The van der Waals surface area contributed by atoms with Crippen molar-refractivity contribution in [1.29, 1.82) is 0 Å². The molecule has 2 aromatic carbocycles. The van der Waals surface area contributed by atoms with Gasteiger partial charge in [-0.15, -0.1) is 10.2 Å². The Morgan fingerprint density at radius 1 is 1.03 bits per heavy atom. The van der Waals surface area contributed by atoms with Gasteiger partial charge in [-0.1, -0.05) is 53.7 Å². The number of para-hydroxylation sites is 2. The van der Waals surface area contributed by atoms with Crippen molar-refractivity contribution >= 4 is 51.6 Å². The van der Waals surface area contributed by atoms with Crippen LogP contribution in [0, 0.1) is 13.8 Å². The number of benzene rings is 2. The van der Waals surface area contributed by atoms with Gasteiger partial charge in [-0.25, -0.2) is 9.55 Å². The predicted molar refractivity (Wildman–Crippen MR) is 134 cm³/mol. The second-order valence-corrected chi connectivity index (χ2v) is 9.00. The molecular weight excluding hydrogens is 472 g/mol. The third-order valence-corrected chi connectivity index (χ3v) is 6.65. The number of hydrogen-bond donors (Lipinski definition) is 1. The van der Waals surface area contributed by atoms with E-state index < -0.39 is 0 Å². The van der Waals surface area contributed by atoms with Crippen LogP contribution in [-0.4, -0.2) is 35.8 Å². The Bertz CT molecular complexity index is 1610. The summed E-state index contributed by atoms with van der Waals surface area (Å²) in [6.07, 6.45) is 1.55.